The van der Waals surface area contributed by atoms with Crippen molar-refractivity contribution in [2.75, 3.05) is 0 Å². The molecule has 0 N–H and O–H groups in total. The van der Waals surface area contributed by atoms with Crippen molar-refractivity contribution in [1.82, 2.24) is 0 Å². The fraction of sp³-hybridized carbons (Fsp3) is 0.241. The summed E-state index contributed by atoms with van der Waals surface area (Å²) in [5.41, 5.74) is 5.75. The first-order chi connectivity index (χ1) is 15.7. The average Bonchev–Trinajstić information content (AvgIpc) is 2.82. The van der Waals surface area contributed by atoms with E-state index in [1.54, 1.807) is 18.5 Å². The summed E-state index contributed by atoms with van der Waals surface area (Å²) in [5, 5.41) is 8.29. The van der Waals surface area contributed by atoms with Gasteiger partial charge in [-0.05, 0) is 66.0 Å². The van der Waals surface area contributed by atoms with Gasteiger partial charge in [-0.1, -0.05) is 80.1 Å². The van der Waals surface area contributed by atoms with Crippen molar-refractivity contribution >= 4 is 12.4 Å². The Morgan fingerprint density at radius 2 is 1.66 bits per heavy atom. The van der Waals surface area contributed by atoms with Crippen LogP contribution in [0.2, 0.25) is 0 Å². The molecular formula is C29H31FN2. The Kier molecular flexibility index (Phi) is 9.12. The smallest absolute Gasteiger partial charge is 0.131 e. The molecule has 0 heterocycles. The van der Waals surface area contributed by atoms with Crippen molar-refractivity contribution in [2.24, 2.45) is 10.2 Å². The number of hydrogen-bond acceptors (Lipinski definition) is 2. The number of halogens is 1. The number of hydrogen-bond donors (Lipinski definition) is 0. The Bertz CT molecular complexity index is 1060. The summed E-state index contributed by atoms with van der Waals surface area (Å²) in [6.07, 6.45) is 11.7. The zero-order chi connectivity index (χ0) is 22.6. The van der Waals surface area contributed by atoms with E-state index in [9.17, 15) is 4.39 Å². The molecule has 0 saturated heterocycles. The van der Waals surface area contributed by atoms with Crippen molar-refractivity contribution in [3.05, 3.63) is 107 Å². The SMILES string of the molecule is C=CCCCc1ccccc1C=NN=Cc1ccc(-c2ccc(CCCC)cc2)c(F)c1. The quantitative estimate of drug-likeness (QED) is 0.129. The van der Waals surface area contributed by atoms with Crippen LogP contribution in [0.1, 0.15) is 54.9 Å². The van der Waals surface area contributed by atoms with Crippen LogP contribution in [0.4, 0.5) is 4.39 Å². The summed E-state index contributed by atoms with van der Waals surface area (Å²) < 4.78 is 14.7. The zero-order valence-electron chi connectivity index (χ0n) is 18.8. The molecule has 0 aromatic heterocycles. The molecular weight excluding hydrogens is 395 g/mol. The lowest BCUT2D eigenvalue weighted by Gasteiger charge is -2.06. The third kappa shape index (κ3) is 6.84. The molecule has 3 aromatic rings. The lowest BCUT2D eigenvalue weighted by atomic mass is 10.0. The van der Waals surface area contributed by atoms with Gasteiger partial charge in [0.2, 0.25) is 0 Å². The van der Waals surface area contributed by atoms with Crippen LogP contribution in [-0.2, 0) is 12.8 Å². The molecule has 3 heteroatoms. The second-order valence-corrected chi connectivity index (χ2v) is 7.91. The van der Waals surface area contributed by atoms with Crippen LogP contribution in [0.15, 0.2) is 89.6 Å². The van der Waals surface area contributed by atoms with Gasteiger partial charge in [0.25, 0.3) is 0 Å². The first kappa shape index (κ1) is 23.3. The van der Waals surface area contributed by atoms with Crippen LogP contribution in [0.25, 0.3) is 11.1 Å². The minimum atomic E-state index is -0.258. The van der Waals surface area contributed by atoms with Crippen LogP contribution in [0.5, 0.6) is 0 Å². The van der Waals surface area contributed by atoms with Crippen LogP contribution in [0, 0.1) is 5.82 Å². The van der Waals surface area contributed by atoms with Crippen molar-refractivity contribution in [3.63, 3.8) is 0 Å². The number of nitrogens with zero attached hydrogens (tertiary/aromatic N) is 2. The number of unbranched alkanes of at least 4 members (excludes halogenated alkanes) is 2. The number of rotatable bonds is 11. The van der Waals surface area contributed by atoms with Gasteiger partial charge in [0, 0.05) is 5.56 Å². The highest BCUT2D eigenvalue weighted by molar-refractivity contribution is 5.84. The molecule has 2 nitrogen and oxygen atoms in total. The number of allylic oxidation sites excluding steroid dienone is 1. The lowest BCUT2D eigenvalue weighted by molar-refractivity contribution is 0.631. The van der Waals surface area contributed by atoms with E-state index >= 15 is 0 Å². The predicted molar refractivity (Wildman–Crippen MR) is 135 cm³/mol. The second-order valence-electron chi connectivity index (χ2n) is 7.91. The molecule has 0 unspecified atom stereocenters. The largest absolute Gasteiger partial charge is 0.206 e. The van der Waals surface area contributed by atoms with E-state index in [1.807, 2.05) is 42.5 Å². The fourth-order valence-corrected chi connectivity index (χ4v) is 3.60. The topological polar surface area (TPSA) is 24.7 Å². The van der Waals surface area contributed by atoms with E-state index in [1.165, 1.54) is 30.0 Å². The summed E-state index contributed by atoms with van der Waals surface area (Å²) in [5.74, 6) is -0.258. The van der Waals surface area contributed by atoms with Gasteiger partial charge in [0.1, 0.15) is 5.82 Å². The normalized spacial score (nSPS) is 11.4. The molecule has 0 atom stereocenters. The maximum atomic E-state index is 14.7. The highest BCUT2D eigenvalue weighted by Crippen LogP contribution is 2.24. The van der Waals surface area contributed by atoms with Crippen molar-refractivity contribution in [1.29, 1.82) is 0 Å². The van der Waals surface area contributed by atoms with E-state index in [4.69, 9.17) is 0 Å². The van der Waals surface area contributed by atoms with Gasteiger partial charge >= 0.3 is 0 Å². The van der Waals surface area contributed by atoms with E-state index in [0.717, 1.165) is 36.8 Å². The molecule has 3 aromatic carbocycles. The molecule has 0 saturated carbocycles. The van der Waals surface area contributed by atoms with E-state index < -0.39 is 0 Å². The van der Waals surface area contributed by atoms with E-state index in [2.05, 4.69) is 41.9 Å². The lowest BCUT2D eigenvalue weighted by Crippen LogP contribution is -1.93. The van der Waals surface area contributed by atoms with Crippen LogP contribution in [-0.4, -0.2) is 12.4 Å². The summed E-state index contributed by atoms with van der Waals surface area (Å²) in [6, 6.07) is 21.5. The molecule has 0 bridgehead atoms. The summed E-state index contributed by atoms with van der Waals surface area (Å²) in [4.78, 5) is 0. The van der Waals surface area contributed by atoms with Crippen LogP contribution in [0.3, 0.4) is 0 Å². The van der Waals surface area contributed by atoms with Crippen molar-refractivity contribution in [3.8, 4) is 11.1 Å². The molecule has 164 valence electrons. The van der Waals surface area contributed by atoms with Gasteiger partial charge in [0.05, 0.1) is 12.4 Å². The molecule has 0 aliphatic heterocycles. The monoisotopic (exact) mass is 426 g/mol. The van der Waals surface area contributed by atoms with Crippen LogP contribution >= 0.6 is 0 Å². The Morgan fingerprint density at radius 3 is 2.41 bits per heavy atom. The Morgan fingerprint density at radius 1 is 0.875 bits per heavy atom. The molecule has 32 heavy (non-hydrogen) atoms. The zero-order valence-corrected chi connectivity index (χ0v) is 18.8. The minimum absolute atomic E-state index is 0.258. The van der Waals surface area contributed by atoms with Gasteiger partial charge in [-0.25, -0.2) is 4.39 Å². The maximum absolute atomic E-state index is 14.7. The standard InChI is InChI=1S/C29H31FN2/c1-3-5-7-11-25-12-8-9-13-27(25)22-32-31-21-24-16-19-28(29(30)20-24)26-17-14-23(15-18-26)10-6-4-2/h3,8-9,12-22H,1,4-7,10-11H2,2H3. The number of aryl methyl sites for hydroxylation is 2. The highest BCUT2D eigenvalue weighted by Gasteiger charge is 2.06. The summed E-state index contributed by atoms with van der Waals surface area (Å²) in [6.45, 7) is 5.96. The van der Waals surface area contributed by atoms with Crippen molar-refractivity contribution < 1.29 is 4.39 Å². The van der Waals surface area contributed by atoms with E-state index in [-0.39, 0.29) is 5.82 Å². The molecule has 0 amide bonds. The highest BCUT2D eigenvalue weighted by atomic mass is 19.1. The van der Waals surface area contributed by atoms with Gasteiger partial charge in [-0.3, -0.25) is 0 Å². The summed E-state index contributed by atoms with van der Waals surface area (Å²) in [7, 11) is 0. The molecule has 0 spiro atoms. The first-order valence-corrected chi connectivity index (χ1v) is 11.4. The summed E-state index contributed by atoms with van der Waals surface area (Å²) >= 11 is 0. The van der Waals surface area contributed by atoms with E-state index in [0.29, 0.717) is 11.1 Å². The van der Waals surface area contributed by atoms with Gasteiger partial charge in [-0.15, -0.1) is 6.58 Å². The third-order valence-corrected chi connectivity index (χ3v) is 5.46. The van der Waals surface area contributed by atoms with Gasteiger partial charge < -0.3 is 0 Å². The first-order valence-electron chi connectivity index (χ1n) is 11.4. The molecule has 0 aliphatic rings. The molecule has 0 fully saturated rings. The van der Waals surface area contributed by atoms with Crippen LogP contribution < -0.4 is 0 Å². The predicted octanol–water partition coefficient (Wildman–Crippen LogP) is 7.80. The fourth-order valence-electron chi connectivity index (χ4n) is 3.60. The maximum Gasteiger partial charge on any atom is 0.131 e. The van der Waals surface area contributed by atoms with Gasteiger partial charge in [0.15, 0.2) is 0 Å². The van der Waals surface area contributed by atoms with Crippen molar-refractivity contribution in [2.45, 2.75) is 45.4 Å². The van der Waals surface area contributed by atoms with Gasteiger partial charge in [-0.2, -0.15) is 10.2 Å². The minimum Gasteiger partial charge on any atom is -0.206 e. The molecule has 0 aliphatic carbocycles. The number of benzene rings is 3. The molecule has 3 rings (SSSR count). The Labute approximate surface area is 191 Å². The molecule has 0 radical (unpaired) electrons. The third-order valence-electron chi connectivity index (χ3n) is 5.46. The Hall–Kier alpha value is -3.33. The Balaban J connectivity index is 1.65. The second kappa shape index (κ2) is 12.5. The average molecular weight is 427 g/mol.